The Bertz CT molecular complexity index is 1160. The Morgan fingerprint density at radius 2 is 1.97 bits per heavy atom. The van der Waals surface area contributed by atoms with Crippen molar-refractivity contribution >= 4 is 27.3 Å². The van der Waals surface area contributed by atoms with Crippen molar-refractivity contribution in [2.75, 3.05) is 21.9 Å². The fraction of sp³-hybridized carbons (Fsp3) is 0.273. The van der Waals surface area contributed by atoms with Crippen LogP contribution in [-0.4, -0.2) is 31.8 Å². The highest BCUT2D eigenvalue weighted by atomic mass is 32.2. The summed E-state index contributed by atoms with van der Waals surface area (Å²) in [7, 11) is -3.33. The lowest BCUT2D eigenvalue weighted by atomic mass is 10.0. The molecule has 0 fully saturated rings. The molecule has 0 atom stereocenters. The molecule has 0 aliphatic carbocycles. The van der Waals surface area contributed by atoms with Gasteiger partial charge in [0, 0.05) is 23.9 Å². The van der Waals surface area contributed by atoms with Crippen molar-refractivity contribution in [3.05, 3.63) is 65.9 Å². The molecule has 1 N–H and O–H groups in total. The minimum Gasteiger partial charge on any atom is -0.355 e. The number of fused-ring (bicyclic) bond motifs is 1. The van der Waals surface area contributed by atoms with Gasteiger partial charge in [-0.25, -0.2) is 8.42 Å². The van der Waals surface area contributed by atoms with Gasteiger partial charge >= 0.3 is 0 Å². The average molecular weight is 426 g/mol. The van der Waals surface area contributed by atoms with E-state index in [9.17, 15) is 13.2 Å². The van der Waals surface area contributed by atoms with Crippen molar-refractivity contribution in [3.8, 4) is 11.3 Å². The highest BCUT2D eigenvalue weighted by Crippen LogP contribution is 2.32. The van der Waals surface area contributed by atoms with E-state index in [0.717, 1.165) is 24.0 Å². The van der Waals surface area contributed by atoms with Gasteiger partial charge in [0.2, 0.25) is 10.0 Å². The molecule has 0 saturated carbocycles. The Labute approximate surface area is 175 Å². The molecule has 4 rings (SSSR count). The normalized spacial score (nSPS) is 13.7. The zero-order valence-corrected chi connectivity index (χ0v) is 17.5. The van der Waals surface area contributed by atoms with Gasteiger partial charge in [0.05, 0.1) is 11.4 Å². The summed E-state index contributed by atoms with van der Waals surface area (Å²) in [5, 5.41) is 6.69. The van der Waals surface area contributed by atoms with E-state index >= 15 is 0 Å². The predicted octanol–water partition coefficient (Wildman–Crippen LogP) is 4.09. The van der Waals surface area contributed by atoms with E-state index in [1.165, 1.54) is 4.31 Å². The maximum Gasteiger partial charge on any atom is 0.277 e. The monoisotopic (exact) mass is 425 g/mol. The number of rotatable bonds is 6. The van der Waals surface area contributed by atoms with Crippen LogP contribution in [0.4, 0.5) is 11.4 Å². The summed E-state index contributed by atoms with van der Waals surface area (Å²) in [6.45, 7) is 2.34. The second-order valence-corrected chi connectivity index (χ2v) is 9.24. The van der Waals surface area contributed by atoms with Crippen LogP contribution in [0.15, 0.2) is 59.1 Å². The summed E-state index contributed by atoms with van der Waals surface area (Å²) in [5.41, 5.74) is 3.21. The van der Waals surface area contributed by atoms with Crippen molar-refractivity contribution in [2.45, 2.75) is 26.2 Å². The van der Waals surface area contributed by atoms with Crippen LogP contribution in [0.3, 0.4) is 0 Å². The van der Waals surface area contributed by atoms with Gasteiger partial charge in [-0.2, -0.15) is 0 Å². The molecule has 0 saturated heterocycles. The zero-order chi connectivity index (χ0) is 21.1. The van der Waals surface area contributed by atoms with Gasteiger partial charge in [0.15, 0.2) is 11.5 Å². The highest BCUT2D eigenvalue weighted by molar-refractivity contribution is 7.92. The van der Waals surface area contributed by atoms with Gasteiger partial charge in [-0.3, -0.25) is 9.10 Å². The van der Waals surface area contributed by atoms with E-state index in [2.05, 4.69) is 10.5 Å². The second-order valence-electron chi connectivity index (χ2n) is 7.23. The fourth-order valence-electron chi connectivity index (χ4n) is 3.61. The quantitative estimate of drug-likeness (QED) is 0.642. The van der Waals surface area contributed by atoms with E-state index in [1.54, 1.807) is 18.2 Å². The first-order valence-corrected chi connectivity index (χ1v) is 11.6. The number of anilines is 2. The molecule has 1 amide bonds. The number of nitrogens with zero attached hydrogens (tertiary/aromatic N) is 2. The third-order valence-corrected chi connectivity index (χ3v) is 6.99. The average Bonchev–Trinajstić information content (AvgIpc) is 3.24. The third-order valence-electron chi connectivity index (χ3n) is 5.01. The molecule has 156 valence electrons. The standard InChI is InChI=1S/C22H23N3O4S/c1-2-13-30(27,28)25-12-6-9-17-14-18(10-11-20(17)25)23-22(26)19-15-21(29-24-19)16-7-4-3-5-8-16/h3-5,7-8,10-11,14-15H,2,6,9,12-13H2,1H3,(H,23,26). The predicted molar refractivity (Wildman–Crippen MR) is 116 cm³/mol. The van der Waals surface area contributed by atoms with Gasteiger partial charge in [-0.05, 0) is 43.0 Å². The molecule has 0 unspecified atom stereocenters. The summed E-state index contributed by atoms with van der Waals surface area (Å²) in [5.74, 6) is 0.260. The number of hydrogen-bond donors (Lipinski definition) is 1. The van der Waals surface area contributed by atoms with Crippen LogP contribution in [0.2, 0.25) is 0 Å². The smallest absolute Gasteiger partial charge is 0.277 e. The van der Waals surface area contributed by atoms with Crippen molar-refractivity contribution < 1.29 is 17.7 Å². The Balaban J connectivity index is 1.52. The molecule has 8 heteroatoms. The van der Waals surface area contributed by atoms with Crippen LogP contribution in [-0.2, 0) is 16.4 Å². The van der Waals surface area contributed by atoms with Crippen molar-refractivity contribution in [1.29, 1.82) is 0 Å². The second kappa shape index (κ2) is 8.31. The molecular formula is C22H23N3O4S. The van der Waals surface area contributed by atoms with Gasteiger partial charge in [-0.15, -0.1) is 0 Å². The number of sulfonamides is 1. The van der Waals surface area contributed by atoms with E-state index in [-0.39, 0.29) is 17.4 Å². The summed E-state index contributed by atoms with van der Waals surface area (Å²) in [6.07, 6.45) is 2.08. The summed E-state index contributed by atoms with van der Waals surface area (Å²) in [4.78, 5) is 12.6. The number of nitrogens with one attached hydrogen (secondary N) is 1. The minimum absolute atomic E-state index is 0.126. The van der Waals surface area contributed by atoms with Gasteiger partial charge < -0.3 is 9.84 Å². The first-order valence-electron chi connectivity index (χ1n) is 9.95. The Kier molecular flexibility index (Phi) is 5.59. The molecule has 7 nitrogen and oxygen atoms in total. The molecule has 0 radical (unpaired) electrons. The topological polar surface area (TPSA) is 92.5 Å². The van der Waals surface area contributed by atoms with Crippen molar-refractivity contribution in [2.24, 2.45) is 0 Å². The lowest BCUT2D eigenvalue weighted by Crippen LogP contribution is -2.37. The lowest BCUT2D eigenvalue weighted by molar-refractivity contribution is 0.101. The van der Waals surface area contributed by atoms with Crippen LogP contribution in [0.1, 0.15) is 35.8 Å². The Morgan fingerprint density at radius 3 is 2.73 bits per heavy atom. The molecule has 0 spiro atoms. The number of benzene rings is 2. The lowest BCUT2D eigenvalue weighted by Gasteiger charge is -2.30. The fourth-order valence-corrected chi connectivity index (χ4v) is 5.23. The van der Waals surface area contributed by atoms with Crippen LogP contribution in [0.25, 0.3) is 11.3 Å². The minimum atomic E-state index is -3.33. The van der Waals surface area contributed by atoms with Crippen molar-refractivity contribution in [1.82, 2.24) is 5.16 Å². The molecule has 3 aromatic rings. The van der Waals surface area contributed by atoms with E-state index in [4.69, 9.17) is 4.52 Å². The molecule has 1 aliphatic rings. The molecule has 2 heterocycles. The number of aromatic nitrogens is 1. The third kappa shape index (κ3) is 4.09. The number of aryl methyl sites for hydroxylation is 1. The van der Waals surface area contributed by atoms with Crippen molar-refractivity contribution in [3.63, 3.8) is 0 Å². The maximum absolute atomic E-state index is 12.6. The molecule has 0 bridgehead atoms. The largest absolute Gasteiger partial charge is 0.355 e. The number of carbonyl (C=O) groups excluding carboxylic acids is 1. The van der Waals surface area contributed by atoms with Crippen LogP contribution in [0.5, 0.6) is 0 Å². The molecule has 1 aromatic heterocycles. The summed E-state index contributed by atoms with van der Waals surface area (Å²) < 4.78 is 31.9. The molecule has 30 heavy (non-hydrogen) atoms. The van der Waals surface area contributed by atoms with Crippen LogP contribution < -0.4 is 9.62 Å². The SMILES string of the molecule is CCCS(=O)(=O)N1CCCc2cc(NC(=O)c3cc(-c4ccccc4)on3)ccc21. The van der Waals surface area contributed by atoms with Gasteiger partial charge in [0.25, 0.3) is 5.91 Å². The van der Waals surface area contributed by atoms with E-state index < -0.39 is 10.0 Å². The maximum atomic E-state index is 12.6. The first-order chi connectivity index (χ1) is 14.5. The number of hydrogen-bond acceptors (Lipinski definition) is 5. The highest BCUT2D eigenvalue weighted by Gasteiger charge is 2.27. The molecular weight excluding hydrogens is 402 g/mol. The number of amides is 1. The molecule has 1 aliphatic heterocycles. The summed E-state index contributed by atoms with van der Waals surface area (Å²) in [6, 6.07) is 16.3. The van der Waals surface area contributed by atoms with Gasteiger partial charge in [-0.1, -0.05) is 42.4 Å². The Morgan fingerprint density at radius 1 is 1.17 bits per heavy atom. The Hall–Kier alpha value is -3.13. The van der Waals surface area contributed by atoms with Crippen LogP contribution in [0, 0.1) is 0 Å². The van der Waals surface area contributed by atoms with Crippen LogP contribution >= 0.6 is 0 Å². The summed E-state index contributed by atoms with van der Waals surface area (Å²) >= 11 is 0. The van der Waals surface area contributed by atoms with E-state index in [1.807, 2.05) is 43.3 Å². The zero-order valence-electron chi connectivity index (χ0n) is 16.7. The first kappa shape index (κ1) is 20.2. The number of carbonyl (C=O) groups is 1. The van der Waals surface area contributed by atoms with Gasteiger partial charge in [0.1, 0.15) is 0 Å². The molecule has 2 aromatic carbocycles. The van der Waals surface area contributed by atoms with E-state index in [0.29, 0.717) is 30.1 Å².